The summed E-state index contributed by atoms with van der Waals surface area (Å²) in [6.07, 6.45) is -0.376. The van der Waals surface area contributed by atoms with E-state index in [1.165, 1.54) is 4.90 Å². The number of rotatable bonds is 5. The van der Waals surface area contributed by atoms with Crippen LogP contribution in [-0.2, 0) is 9.59 Å². The van der Waals surface area contributed by atoms with Crippen molar-refractivity contribution in [2.75, 3.05) is 32.1 Å². The molecule has 1 aromatic carbocycles. The van der Waals surface area contributed by atoms with Gasteiger partial charge in [-0.15, -0.1) is 0 Å². The van der Waals surface area contributed by atoms with Gasteiger partial charge in [0.1, 0.15) is 5.75 Å². The van der Waals surface area contributed by atoms with Crippen LogP contribution in [0.25, 0.3) is 0 Å². The maximum absolute atomic E-state index is 12.3. The molecule has 0 aromatic heterocycles. The zero-order chi connectivity index (χ0) is 16.3. The number of hydrogen-bond acceptors (Lipinski definition) is 4. The number of carbonyl (C=O) groups is 2. The minimum Gasteiger partial charge on any atom is -0.497 e. The molecule has 22 heavy (non-hydrogen) atoms. The van der Waals surface area contributed by atoms with Gasteiger partial charge in [0.15, 0.2) is 0 Å². The van der Waals surface area contributed by atoms with E-state index in [1.807, 2.05) is 12.1 Å². The summed E-state index contributed by atoms with van der Waals surface area (Å²) in [4.78, 5) is 27.6. The van der Waals surface area contributed by atoms with E-state index in [-0.39, 0.29) is 30.7 Å². The number of nitrogens with zero attached hydrogens (tertiary/aromatic N) is 2. The second-order valence-corrected chi connectivity index (χ2v) is 5.67. The Morgan fingerprint density at radius 3 is 2.64 bits per heavy atom. The molecule has 0 bridgehead atoms. The molecular formula is C16H22N2O4. The quantitative estimate of drug-likeness (QED) is 0.877. The highest BCUT2D eigenvalue weighted by Gasteiger charge is 2.36. The SMILES string of the molecule is COc1ccc(N2C[C@H](C(=O)N(C)C[C@@H](C)O)CC2=O)cc1. The summed E-state index contributed by atoms with van der Waals surface area (Å²) < 4.78 is 5.10. The van der Waals surface area contributed by atoms with Crippen LogP contribution in [0, 0.1) is 5.92 Å². The minimum absolute atomic E-state index is 0.0611. The number of methoxy groups -OCH3 is 1. The minimum atomic E-state index is -0.580. The van der Waals surface area contributed by atoms with Gasteiger partial charge in [-0.05, 0) is 31.2 Å². The number of benzene rings is 1. The molecule has 2 atom stereocenters. The Labute approximate surface area is 130 Å². The molecule has 1 fully saturated rings. The summed E-state index contributed by atoms with van der Waals surface area (Å²) in [5, 5.41) is 9.36. The standard InChI is InChI=1S/C16H22N2O4/c1-11(19)9-17(2)16(21)12-8-15(20)18(10-12)13-4-6-14(22-3)7-5-13/h4-7,11-12,19H,8-10H2,1-3H3/t11-,12-/m1/s1. The number of aliphatic hydroxyl groups excluding tert-OH is 1. The van der Waals surface area contributed by atoms with Crippen molar-refractivity contribution in [2.45, 2.75) is 19.4 Å². The Bertz CT molecular complexity index is 542. The molecule has 6 nitrogen and oxygen atoms in total. The van der Waals surface area contributed by atoms with Crippen molar-refractivity contribution in [1.82, 2.24) is 4.90 Å². The lowest BCUT2D eigenvalue weighted by atomic mass is 10.1. The predicted octanol–water partition coefficient (Wildman–Crippen LogP) is 0.887. The van der Waals surface area contributed by atoms with Crippen LogP contribution in [0.15, 0.2) is 24.3 Å². The molecule has 0 aliphatic carbocycles. The Balaban J connectivity index is 2.05. The van der Waals surface area contributed by atoms with Crippen LogP contribution in [0.1, 0.15) is 13.3 Å². The van der Waals surface area contributed by atoms with E-state index in [0.717, 1.165) is 11.4 Å². The number of aliphatic hydroxyl groups is 1. The summed E-state index contributed by atoms with van der Waals surface area (Å²) >= 11 is 0. The molecule has 1 aliphatic heterocycles. The molecule has 1 N–H and O–H groups in total. The van der Waals surface area contributed by atoms with Gasteiger partial charge in [0, 0.05) is 32.2 Å². The fraction of sp³-hybridized carbons (Fsp3) is 0.500. The fourth-order valence-corrected chi connectivity index (χ4v) is 2.68. The number of anilines is 1. The summed E-state index contributed by atoms with van der Waals surface area (Å²) in [6, 6.07) is 7.20. The van der Waals surface area contributed by atoms with E-state index in [9.17, 15) is 14.7 Å². The first-order chi connectivity index (χ1) is 10.4. The van der Waals surface area contributed by atoms with Gasteiger partial charge >= 0.3 is 0 Å². The number of amides is 2. The first-order valence-corrected chi connectivity index (χ1v) is 7.30. The maximum Gasteiger partial charge on any atom is 0.227 e. The Morgan fingerprint density at radius 2 is 2.09 bits per heavy atom. The van der Waals surface area contributed by atoms with Crippen LogP contribution < -0.4 is 9.64 Å². The van der Waals surface area contributed by atoms with Crippen molar-refractivity contribution in [3.63, 3.8) is 0 Å². The van der Waals surface area contributed by atoms with Gasteiger partial charge in [0.25, 0.3) is 0 Å². The third kappa shape index (κ3) is 3.57. The molecule has 1 aliphatic rings. The van der Waals surface area contributed by atoms with Gasteiger partial charge in [0.2, 0.25) is 11.8 Å². The van der Waals surface area contributed by atoms with Crippen LogP contribution in [-0.4, -0.2) is 55.2 Å². The second kappa shape index (κ2) is 6.79. The topological polar surface area (TPSA) is 70.1 Å². The Hall–Kier alpha value is -2.08. The summed E-state index contributed by atoms with van der Waals surface area (Å²) in [6.45, 7) is 2.27. The molecule has 1 heterocycles. The van der Waals surface area contributed by atoms with E-state index in [4.69, 9.17) is 4.74 Å². The number of hydrogen-bond donors (Lipinski definition) is 1. The molecule has 0 saturated carbocycles. The highest BCUT2D eigenvalue weighted by molar-refractivity contribution is 6.00. The molecular weight excluding hydrogens is 284 g/mol. The van der Waals surface area contributed by atoms with Gasteiger partial charge in [-0.1, -0.05) is 0 Å². The van der Waals surface area contributed by atoms with Gasteiger partial charge < -0.3 is 19.6 Å². The van der Waals surface area contributed by atoms with Crippen molar-refractivity contribution in [1.29, 1.82) is 0 Å². The predicted molar refractivity (Wildman–Crippen MR) is 82.8 cm³/mol. The Morgan fingerprint density at radius 1 is 1.45 bits per heavy atom. The Kier molecular flexibility index (Phi) is 5.03. The summed E-state index contributed by atoms with van der Waals surface area (Å²) in [5.41, 5.74) is 0.763. The third-order valence-electron chi connectivity index (χ3n) is 3.77. The lowest BCUT2D eigenvalue weighted by Gasteiger charge is -2.22. The van der Waals surface area contributed by atoms with Crippen LogP contribution in [0.3, 0.4) is 0 Å². The van der Waals surface area contributed by atoms with E-state index >= 15 is 0 Å². The van der Waals surface area contributed by atoms with Crippen molar-refractivity contribution in [2.24, 2.45) is 5.92 Å². The molecule has 0 radical (unpaired) electrons. The number of likely N-dealkylation sites (N-methyl/N-ethyl adjacent to an activating group) is 1. The number of ether oxygens (including phenoxy) is 1. The average Bonchev–Trinajstić information content (AvgIpc) is 2.87. The first-order valence-electron chi connectivity index (χ1n) is 7.30. The smallest absolute Gasteiger partial charge is 0.227 e. The zero-order valence-electron chi connectivity index (χ0n) is 13.2. The highest BCUT2D eigenvalue weighted by atomic mass is 16.5. The monoisotopic (exact) mass is 306 g/mol. The number of carbonyl (C=O) groups excluding carboxylic acids is 2. The lowest BCUT2D eigenvalue weighted by molar-refractivity contribution is -0.135. The van der Waals surface area contributed by atoms with Gasteiger partial charge in [0.05, 0.1) is 19.1 Å². The van der Waals surface area contributed by atoms with Crippen molar-refractivity contribution in [3.05, 3.63) is 24.3 Å². The summed E-state index contributed by atoms with van der Waals surface area (Å²) in [7, 11) is 3.23. The van der Waals surface area contributed by atoms with E-state index in [2.05, 4.69) is 0 Å². The van der Waals surface area contributed by atoms with Gasteiger partial charge in [-0.25, -0.2) is 0 Å². The van der Waals surface area contributed by atoms with Gasteiger partial charge in [-0.2, -0.15) is 0 Å². The highest BCUT2D eigenvalue weighted by Crippen LogP contribution is 2.27. The van der Waals surface area contributed by atoms with Crippen molar-refractivity contribution >= 4 is 17.5 Å². The lowest BCUT2D eigenvalue weighted by Crippen LogP contribution is -2.38. The van der Waals surface area contributed by atoms with Crippen LogP contribution >= 0.6 is 0 Å². The molecule has 2 amide bonds. The fourth-order valence-electron chi connectivity index (χ4n) is 2.68. The average molecular weight is 306 g/mol. The summed E-state index contributed by atoms with van der Waals surface area (Å²) in [5.74, 6) is 0.192. The molecule has 2 rings (SSSR count). The normalized spacial score (nSPS) is 19.2. The molecule has 1 aromatic rings. The first kappa shape index (κ1) is 16.3. The molecule has 0 unspecified atom stereocenters. The van der Waals surface area contributed by atoms with Crippen LogP contribution in [0.5, 0.6) is 5.75 Å². The van der Waals surface area contributed by atoms with E-state index < -0.39 is 6.10 Å². The van der Waals surface area contributed by atoms with E-state index in [1.54, 1.807) is 38.1 Å². The second-order valence-electron chi connectivity index (χ2n) is 5.67. The maximum atomic E-state index is 12.3. The molecule has 1 saturated heterocycles. The van der Waals surface area contributed by atoms with Crippen molar-refractivity contribution < 1.29 is 19.4 Å². The van der Waals surface area contributed by atoms with Crippen molar-refractivity contribution in [3.8, 4) is 5.75 Å². The third-order valence-corrected chi connectivity index (χ3v) is 3.77. The van der Waals surface area contributed by atoms with Crippen LogP contribution in [0.4, 0.5) is 5.69 Å². The zero-order valence-corrected chi connectivity index (χ0v) is 13.2. The largest absolute Gasteiger partial charge is 0.497 e. The van der Waals surface area contributed by atoms with Crippen LogP contribution in [0.2, 0.25) is 0 Å². The molecule has 0 spiro atoms. The molecule has 120 valence electrons. The van der Waals surface area contributed by atoms with E-state index in [0.29, 0.717) is 6.54 Å². The molecule has 6 heteroatoms. The van der Waals surface area contributed by atoms with Gasteiger partial charge in [-0.3, -0.25) is 9.59 Å².